The fourth-order valence-corrected chi connectivity index (χ4v) is 3.77. The fraction of sp³-hybridized carbons (Fsp3) is 0.846. The van der Waals surface area contributed by atoms with Gasteiger partial charge in [-0.05, 0) is 19.3 Å². The summed E-state index contributed by atoms with van der Waals surface area (Å²) in [6, 6.07) is 0. The number of carbonyl (C=O) groups is 3. The number of hydrogen-bond acceptors (Lipinski definition) is 5. The third-order valence-corrected chi connectivity index (χ3v) is 5.95. The zero-order chi connectivity index (χ0) is 24.7. The summed E-state index contributed by atoms with van der Waals surface area (Å²) in [6.07, 6.45) is 16.4. The van der Waals surface area contributed by atoms with Crippen molar-refractivity contribution in [3.63, 3.8) is 0 Å². The van der Waals surface area contributed by atoms with E-state index in [1.165, 1.54) is 5.40 Å². The summed E-state index contributed by atoms with van der Waals surface area (Å²) in [7, 11) is 0. The topological polar surface area (TPSA) is 103 Å². The number of rotatable bonds is 21. The van der Waals surface area contributed by atoms with Gasteiger partial charge < -0.3 is 18.4 Å². The summed E-state index contributed by atoms with van der Waals surface area (Å²) in [6.45, 7) is 6.47. The van der Waals surface area contributed by atoms with Crippen molar-refractivity contribution in [3.05, 3.63) is 0 Å². The SMILES string of the molecule is CCCCCCCC(=O)C([NH3+])(C(=O)CCCCCCC)C(=O)CCCCCCC.N#C[S-]. The van der Waals surface area contributed by atoms with Gasteiger partial charge in [0.15, 0.2) is 0 Å². The van der Waals surface area contributed by atoms with E-state index in [2.05, 4.69) is 39.1 Å². The lowest BCUT2D eigenvalue weighted by Gasteiger charge is -2.22. The van der Waals surface area contributed by atoms with Gasteiger partial charge in [0.1, 0.15) is 0 Å². The first kappa shape index (κ1) is 32.9. The highest BCUT2D eigenvalue weighted by molar-refractivity contribution is 7.64. The van der Waals surface area contributed by atoms with Gasteiger partial charge in [0.05, 0.1) is 0 Å². The van der Waals surface area contributed by atoms with Gasteiger partial charge in [0, 0.05) is 19.3 Å². The Morgan fingerprint density at radius 1 is 0.625 bits per heavy atom. The molecule has 0 amide bonds. The van der Waals surface area contributed by atoms with Gasteiger partial charge in [-0.1, -0.05) is 103 Å². The zero-order valence-electron chi connectivity index (χ0n) is 21.0. The molecule has 0 saturated carbocycles. The molecular weight excluding hydrogens is 420 g/mol. The molecule has 0 spiro atoms. The Kier molecular flexibility index (Phi) is 23.5. The molecule has 0 saturated heterocycles. The van der Waals surface area contributed by atoms with Crippen LogP contribution in [0.25, 0.3) is 0 Å². The average Bonchev–Trinajstić information content (AvgIpc) is 2.78. The number of hydrogen-bond donors (Lipinski definition) is 1. The number of carbonyl (C=O) groups excluding carboxylic acids is 3. The minimum Gasteiger partial charge on any atom is -0.696 e. The van der Waals surface area contributed by atoms with Crippen LogP contribution in [0.5, 0.6) is 0 Å². The molecule has 186 valence electrons. The van der Waals surface area contributed by atoms with Crippen LogP contribution in [-0.2, 0) is 27.0 Å². The van der Waals surface area contributed by atoms with E-state index in [1.54, 1.807) is 0 Å². The smallest absolute Gasteiger partial charge is 0.270 e. The van der Waals surface area contributed by atoms with Gasteiger partial charge in [-0.15, -0.1) is 0 Å². The quantitative estimate of drug-likeness (QED) is 0.0996. The van der Waals surface area contributed by atoms with Gasteiger partial charge in [0.25, 0.3) is 5.54 Å². The molecule has 0 radical (unpaired) electrons. The highest BCUT2D eigenvalue weighted by Gasteiger charge is 2.50. The molecule has 3 N–H and O–H groups in total. The van der Waals surface area contributed by atoms with Crippen LogP contribution in [0.4, 0.5) is 0 Å². The highest BCUT2D eigenvalue weighted by atomic mass is 32.1. The lowest BCUT2D eigenvalue weighted by Crippen LogP contribution is -2.84. The van der Waals surface area contributed by atoms with Gasteiger partial charge in [-0.25, -0.2) is 5.26 Å². The van der Waals surface area contributed by atoms with Crippen LogP contribution in [0, 0.1) is 10.7 Å². The molecule has 0 atom stereocenters. The minimum absolute atomic E-state index is 0.244. The molecule has 32 heavy (non-hydrogen) atoms. The second-order valence-corrected chi connectivity index (χ2v) is 8.94. The molecule has 0 rings (SSSR count). The largest absolute Gasteiger partial charge is 0.696 e. The zero-order valence-corrected chi connectivity index (χ0v) is 21.8. The normalized spacial score (nSPS) is 10.7. The molecule has 0 aromatic rings. The third-order valence-electron chi connectivity index (χ3n) is 5.95. The van der Waals surface area contributed by atoms with Crippen LogP contribution < -0.4 is 5.73 Å². The van der Waals surface area contributed by atoms with Crippen molar-refractivity contribution in [3.8, 4) is 5.40 Å². The number of Topliss-reactive ketones (excluding diaryl/α,β-unsaturated/α-hetero) is 3. The van der Waals surface area contributed by atoms with Crippen molar-refractivity contribution in [1.29, 1.82) is 5.26 Å². The predicted octanol–water partition coefficient (Wildman–Crippen LogP) is 5.77. The van der Waals surface area contributed by atoms with Crippen LogP contribution in [-0.4, -0.2) is 22.9 Å². The van der Waals surface area contributed by atoms with Crippen LogP contribution in [0.15, 0.2) is 0 Å². The van der Waals surface area contributed by atoms with Crippen molar-refractivity contribution in [2.75, 3.05) is 0 Å². The summed E-state index contributed by atoms with van der Waals surface area (Å²) in [5.41, 5.74) is 2.31. The molecule has 0 fully saturated rings. The van der Waals surface area contributed by atoms with Crippen LogP contribution in [0.2, 0.25) is 0 Å². The molecule has 0 bridgehead atoms. The number of nitriles is 1. The van der Waals surface area contributed by atoms with Crippen molar-refractivity contribution in [2.24, 2.45) is 0 Å². The average molecular weight is 469 g/mol. The Morgan fingerprint density at radius 2 is 0.844 bits per heavy atom. The Morgan fingerprint density at radius 3 is 1.06 bits per heavy atom. The second-order valence-electron chi connectivity index (χ2n) is 8.76. The fourth-order valence-electron chi connectivity index (χ4n) is 3.77. The lowest BCUT2D eigenvalue weighted by molar-refractivity contribution is -0.421. The number of unbranched alkanes of at least 4 members (excludes halogenated alkanes) is 12. The highest BCUT2D eigenvalue weighted by Crippen LogP contribution is 2.19. The summed E-state index contributed by atoms with van der Waals surface area (Å²) < 4.78 is 0. The number of nitrogens with zero attached hydrogens (tertiary/aromatic N) is 1. The summed E-state index contributed by atoms with van der Waals surface area (Å²) in [4.78, 5) is 38.8. The van der Waals surface area contributed by atoms with E-state index >= 15 is 0 Å². The molecule has 0 aliphatic heterocycles. The Labute approximate surface area is 202 Å². The Bertz CT molecular complexity index is 479. The van der Waals surface area contributed by atoms with Gasteiger partial charge in [0.2, 0.25) is 17.3 Å². The van der Waals surface area contributed by atoms with E-state index in [9.17, 15) is 14.4 Å². The molecule has 0 aliphatic rings. The molecule has 0 unspecified atom stereocenters. The molecule has 0 aromatic carbocycles. The predicted molar refractivity (Wildman–Crippen MR) is 134 cm³/mol. The van der Waals surface area contributed by atoms with Crippen molar-refractivity contribution in [1.82, 2.24) is 0 Å². The van der Waals surface area contributed by atoms with Gasteiger partial charge >= 0.3 is 0 Å². The maximum absolute atomic E-state index is 12.9. The van der Waals surface area contributed by atoms with E-state index < -0.39 is 5.54 Å². The molecule has 0 heterocycles. The first-order chi connectivity index (χ1) is 15.4. The van der Waals surface area contributed by atoms with E-state index in [-0.39, 0.29) is 17.3 Å². The molecule has 5 nitrogen and oxygen atoms in total. The maximum Gasteiger partial charge on any atom is 0.270 e. The van der Waals surface area contributed by atoms with Gasteiger partial charge in [-0.3, -0.25) is 14.4 Å². The van der Waals surface area contributed by atoms with Crippen LogP contribution in [0.3, 0.4) is 0 Å². The Balaban J connectivity index is 0. The van der Waals surface area contributed by atoms with E-state index in [0.717, 1.165) is 96.3 Å². The van der Waals surface area contributed by atoms with Crippen LogP contribution in [0.1, 0.15) is 136 Å². The summed E-state index contributed by atoms with van der Waals surface area (Å²) in [5, 5.41) is 8.47. The monoisotopic (exact) mass is 468 g/mol. The first-order valence-electron chi connectivity index (χ1n) is 12.8. The summed E-state index contributed by atoms with van der Waals surface area (Å²) in [5.74, 6) is -0.733. The van der Waals surface area contributed by atoms with E-state index in [1.807, 2.05) is 0 Å². The van der Waals surface area contributed by atoms with Gasteiger partial charge in [-0.2, -0.15) is 0 Å². The lowest BCUT2D eigenvalue weighted by atomic mass is 9.79. The number of ketones is 3. The third kappa shape index (κ3) is 15.5. The van der Waals surface area contributed by atoms with Crippen molar-refractivity contribution >= 4 is 30.0 Å². The molecule has 6 heteroatoms. The van der Waals surface area contributed by atoms with E-state index in [4.69, 9.17) is 5.26 Å². The second kappa shape index (κ2) is 22.9. The minimum atomic E-state index is -1.65. The Hall–Kier alpha value is -1.32. The first-order valence-corrected chi connectivity index (χ1v) is 13.2. The van der Waals surface area contributed by atoms with Crippen molar-refractivity contribution in [2.45, 2.75) is 142 Å². The number of thiocyanates is 1. The maximum atomic E-state index is 12.9. The molecule has 0 aromatic heterocycles. The van der Waals surface area contributed by atoms with Crippen LogP contribution >= 0.6 is 0 Å². The number of quaternary nitrogens is 1. The molecule has 0 aliphatic carbocycles. The van der Waals surface area contributed by atoms with E-state index in [0.29, 0.717) is 19.3 Å². The summed E-state index contributed by atoms with van der Waals surface area (Å²) >= 11 is 3.70. The standard InChI is InChI=1S/C25H47NO3.CHNS/c1-4-7-10-13-16-19-22(27)25(26,23(28)20-17-14-11-8-5-2)24(29)21-18-15-12-9-6-3;2-1-3/h4-21,26H2,1-3H3;3H. The molecular formula is C26H48N2O3S. The van der Waals surface area contributed by atoms with Crippen molar-refractivity contribution < 1.29 is 20.1 Å².